The van der Waals surface area contributed by atoms with Crippen molar-refractivity contribution in [1.82, 2.24) is 0 Å². The van der Waals surface area contributed by atoms with Crippen LogP contribution in [0.1, 0.15) is 0 Å². The molecule has 0 aliphatic rings. The molecule has 0 radical (unpaired) electrons. The lowest BCUT2D eigenvalue weighted by atomic mass is 10.0. The molecule has 19 heavy (non-hydrogen) atoms. The predicted octanol–water partition coefficient (Wildman–Crippen LogP) is 1.70. The second-order valence-electron chi connectivity index (χ2n) is 3.89. The molecule has 2 aromatic rings. The summed E-state index contributed by atoms with van der Waals surface area (Å²) in [6.45, 7) is 0. The van der Waals surface area contributed by atoms with E-state index in [2.05, 4.69) is 4.18 Å². The van der Waals surface area contributed by atoms with Gasteiger partial charge >= 0.3 is 10.4 Å². The number of rotatable bonds is 3. The smallest absolute Gasteiger partial charge is 0.399 e. The average Bonchev–Trinajstić information content (AvgIpc) is 2.29. The van der Waals surface area contributed by atoms with Gasteiger partial charge in [-0.05, 0) is 29.8 Å². The Bertz CT molecular complexity index is 696. The normalized spacial score (nSPS) is 11.2. The van der Waals surface area contributed by atoms with E-state index in [0.717, 1.165) is 0 Å². The summed E-state index contributed by atoms with van der Waals surface area (Å²) in [6, 6.07) is 11.3. The lowest BCUT2D eigenvalue weighted by Crippen LogP contribution is -2.07. The highest BCUT2D eigenvalue weighted by atomic mass is 32.3. The fraction of sp³-hybridized carbons (Fsp3) is 0. The van der Waals surface area contributed by atoms with Crippen LogP contribution in [0.25, 0.3) is 11.1 Å². The zero-order valence-electron chi connectivity index (χ0n) is 9.78. The molecule has 0 aliphatic carbocycles. The molecule has 5 N–H and O–H groups in total. The molecule has 0 saturated heterocycles. The van der Waals surface area contributed by atoms with Gasteiger partial charge in [0.1, 0.15) is 0 Å². The monoisotopic (exact) mass is 280 g/mol. The first kappa shape index (κ1) is 13.2. The molecule has 2 rings (SSSR count). The Balaban J connectivity index is 2.53. The van der Waals surface area contributed by atoms with Gasteiger partial charge < -0.3 is 15.7 Å². The highest BCUT2D eigenvalue weighted by Gasteiger charge is 2.13. The summed E-state index contributed by atoms with van der Waals surface area (Å²) in [7, 11) is -4.61. The van der Waals surface area contributed by atoms with Crippen molar-refractivity contribution in [3.8, 4) is 16.9 Å². The molecule has 0 aromatic heterocycles. The van der Waals surface area contributed by atoms with E-state index in [1.165, 1.54) is 6.07 Å². The fourth-order valence-corrected chi connectivity index (χ4v) is 1.99. The molecule has 100 valence electrons. The molecule has 0 amide bonds. The largest absolute Gasteiger partial charge is 0.446 e. The van der Waals surface area contributed by atoms with Gasteiger partial charge in [-0.3, -0.25) is 4.55 Å². The molecule has 0 bridgehead atoms. The molecule has 7 heteroatoms. The van der Waals surface area contributed by atoms with Crippen LogP contribution < -0.4 is 15.7 Å². The van der Waals surface area contributed by atoms with Crippen LogP contribution in [-0.2, 0) is 10.4 Å². The van der Waals surface area contributed by atoms with Crippen molar-refractivity contribution in [1.29, 1.82) is 0 Å². The van der Waals surface area contributed by atoms with Gasteiger partial charge in [-0.15, -0.1) is 0 Å². The SMILES string of the molecule is Nc1ccc(-c2ccc(N)cc2OS(=O)(=O)O)cc1. The summed E-state index contributed by atoms with van der Waals surface area (Å²) >= 11 is 0. The van der Waals surface area contributed by atoms with Gasteiger partial charge in [-0.25, -0.2) is 0 Å². The molecule has 0 atom stereocenters. The van der Waals surface area contributed by atoms with Crippen molar-refractivity contribution >= 4 is 21.8 Å². The van der Waals surface area contributed by atoms with Crippen molar-refractivity contribution in [2.75, 3.05) is 11.5 Å². The van der Waals surface area contributed by atoms with Gasteiger partial charge in [0.15, 0.2) is 5.75 Å². The summed E-state index contributed by atoms with van der Waals surface area (Å²) in [4.78, 5) is 0. The summed E-state index contributed by atoms with van der Waals surface area (Å²) < 4.78 is 34.9. The third-order valence-electron chi connectivity index (χ3n) is 2.42. The number of benzene rings is 2. The summed E-state index contributed by atoms with van der Waals surface area (Å²) in [5.74, 6) is -0.0488. The van der Waals surface area contributed by atoms with Crippen LogP contribution in [0.3, 0.4) is 0 Å². The molecule has 0 heterocycles. The molecule has 0 fully saturated rings. The second-order valence-corrected chi connectivity index (χ2v) is 4.91. The summed E-state index contributed by atoms with van der Waals surface area (Å²) in [6.07, 6.45) is 0. The van der Waals surface area contributed by atoms with Crippen LogP contribution in [0.5, 0.6) is 5.75 Å². The van der Waals surface area contributed by atoms with Crippen LogP contribution in [0.15, 0.2) is 42.5 Å². The van der Waals surface area contributed by atoms with E-state index in [4.69, 9.17) is 16.0 Å². The number of anilines is 2. The number of nitrogen functional groups attached to an aromatic ring is 2. The molecule has 2 aromatic carbocycles. The minimum atomic E-state index is -4.61. The van der Waals surface area contributed by atoms with Crippen molar-refractivity contribution in [3.63, 3.8) is 0 Å². The Labute approximate surface area is 110 Å². The highest BCUT2D eigenvalue weighted by Crippen LogP contribution is 2.33. The Morgan fingerprint density at radius 1 is 0.947 bits per heavy atom. The first-order valence-corrected chi connectivity index (χ1v) is 6.64. The predicted molar refractivity (Wildman–Crippen MR) is 72.9 cm³/mol. The van der Waals surface area contributed by atoms with E-state index in [-0.39, 0.29) is 5.75 Å². The van der Waals surface area contributed by atoms with Gasteiger partial charge in [0.25, 0.3) is 0 Å². The van der Waals surface area contributed by atoms with Gasteiger partial charge in [0, 0.05) is 23.0 Å². The van der Waals surface area contributed by atoms with E-state index in [1.807, 2.05) is 0 Å². The van der Waals surface area contributed by atoms with Crippen molar-refractivity contribution < 1.29 is 17.2 Å². The Hall–Kier alpha value is -2.25. The van der Waals surface area contributed by atoms with Gasteiger partial charge in [-0.2, -0.15) is 8.42 Å². The van der Waals surface area contributed by atoms with E-state index in [0.29, 0.717) is 22.5 Å². The van der Waals surface area contributed by atoms with E-state index in [9.17, 15) is 8.42 Å². The first-order chi connectivity index (χ1) is 8.85. The highest BCUT2D eigenvalue weighted by molar-refractivity contribution is 7.81. The van der Waals surface area contributed by atoms with Gasteiger partial charge in [0.05, 0.1) is 0 Å². The van der Waals surface area contributed by atoms with Crippen LogP contribution >= 0.6 is 0 Å². The van der Waals surface area contributed by atoms with Crippen LogP contribution in [0.4, 0.5) is 11.4 Å². The van der Waals surface area contributed by atoms with Crippen LogP contribution in [0.2, 0.25) is 0 Å². The minimum absolute atomic E-state index is 0.0488. The van der Waals surface area contributed by atoms with Gasteiger partial charge in [0.2, 0.25) is 0 Å². The molecule has 0 saturated carbocycles. The summed E-state index contributed by atoms with van der Waals surface area (Å²) in [5, 5.41) is 0. The van der Waals surface area contributed by atoms with E-state index < -0.39 is 10.4 Å². The minimum Gasteiger partial charge on any atom is -0.399 e. The molecule has 6 nitrogen and oxygen atoms in total. The second kappa shape index (κ2) is 4.79. The zero-order valence-corrected chi connectivity index (χ0v) is 10.6. The third-order valence-corrected chi connectivity index (χ3v) is 2.81. The lowest BCUT2D eigenvalue weighted by Gasteiger charge is -2.10. The van der Waals surface area contributed by atoms with Crippen molar-refractivity contribution in [3.05, 3.63) is 42.5 Å². The fourth-order valence-electron chi connectivity index (χ4n) is 1.62. The van der Waals surface area contributed by atoms with Crippen molar-refractivity contribution in [2.24, 2.45) is 0 Å². The standard InChI is InChI=1S/C12H12N2O4S/c13-9-3-1-8(2-4-9)11-6-5-10(14)7-12(11)18-19(15,16)17/h1-7H,13-14H2,(H,15,16,17). The van der Waals surface area contributed by atoms with Crippen LogP contribution in [-0.4, -0.2) is 13.0 Å². The lowest BCUT2D eigenvalue weighted by molar-refractivity contribution is 0.387. The Kier molecular flexibility index (Phi) is 3.32. The molecular formula is C12H12N2O4S. The molecular weight excluding hydrogens is 268 g/mol. The maximum atomic E-state index is 10.8. The van der Waals surface area contributed by atoms with E-state index >= 15 is 0 Å². The van der Waals surface area contributed by atoms with Crippen molar-refractivity contribution in [2.45, 2.75) is 0 Å². The number of hydrogen-bond acceptors (Lipinski definition) is 5. The number of nitrogens with two attached hydrogens (primary N) is 2. The summed E-state index contributed by atoms with van der Waals surface area (Å²) in [5.41, 5.74) is 13.2. The molecule has 0 unspecified atom stereocenters. The van der Waals surface area contributed by atoms with E-state index in [1.54, 1.807) is 36.4 Å². The maximum absolute atomic E-state index is 10.8. The number of hydrogen-bond donors (Lipinski definition) is 3. The topological polar surface area (TPSA) is 116 Å². The van der Waals surface area contributed by atoms with Crippen LogP contribution in [0, 0.1) is 0 Å². The first-order valence-electron chi connectivity index (χ1n) is 5.27. The Morgan fingerprint density at radius 2 is 1.53 bits per heavy atom. The van der Waals surface area contributed by atoms with Gasteiger partial charge in [-0.1, -0.05) is 12.1 Å². The average molecular weight is 280 g/mol. The molecule has 0 spiro atoms. The third kappa shape index (κ3) is 3.36. The zero-order chi connectivity index (χ0) is 14.0. The quantitative estimate of drug-likeness (QED) is 0.582. The molecule has 0 aliphatic heterocycles. The Morgan fingerprint density at radius 3 is 2.11 bits per heavy atom. The maximum Gasteiger partial charge on any atom is 0.446 e.